The van der Waals surface area contributed by atoms with Crippen LogP contribution in [-0.2, 0) is 7.05 Å². The van der Waals surface area contributed by atoms with Gasteiger partial charge in [-0.15, -0.1) is 22.7 Å². The summed E-state index contributed by atoms with van der Waals surface area (Å²) in [6, 6.07) is 19.4. The quantitative estimate of drug-likeness (QED) is 0.290. The second kappa shape index (κ2) is 9.38. The molecule has 0 spiro atoms. The van der Waals surface area contributed by atoms with Crippen LogP contribution in [0.5, 0.6) is 11.5 Å². The van der Waals surface area contributed by atoms with E-state index in [0.29, 0.717) is 16.2 Å². The highest BCUT2D eigenvalue weighted by Gasteiger charge is 2.18. The second-order valence-electron chi connectivity index (χ2n) is 8.47. The van der Waals surface area contributed by atoms with Crippen LogP contribution < -0.4 is 19.8 Å². The molecule has 6 rings (SSSR count). The number of benzene rings is 2. The van der Waals surface area contributed by atoms with Crippen molar-refractivity contribution in [3.63, 3.8) is 0 Å². The third-order valence-corrected chi connectivity index (χ3v) is 7.94. The predicted molar refractivity (Wildman–Crippen MR) is 147 cm³/mol. The van der Waals surface area contributed by atoms with Gasteiger partial charge in [0, 0.05) is 18.0 Å². The van der Waals surface area contributed by atoms with Gasteiger partial charge in [0.2, 0.25) is 11.6 Å². The van der Waals surface area contributed by atoms with E-state index < -0.39 is 0 Å². The first kappa shape index (κ1) is 23.3. The fraction of sp³-hybridized carbons (Fsp3) is 0.148. The summed E-state index contributed by atoms with van der Waals surface area (Å²) >= 11 is 3.08. The van der Waals surface area contributed by atoms with Gasteiger partial charge in [0.15, 0.2) is 17.2 Å². The Kier molecular flexibility index (Phi) is 5.90. The minimum Gasteiger partial charge on any atom is -0.454 e. The zero-order valence-corrected chi connectivity index (χ0v) is 22.0. The Morgan fingerprint density at radius 1 is 1.00 bits per heavy atom. The van der Waals surface area contributed by atoms with Crippen molar-refractivity contribution in [2.45, 2.75) is 13.8 Å². The number of hydrogen-bond acceptors (Lipinski definition) is 7. The van der Waals surface area contributed by atoms with Crippen molar-refractivity contribution in [1.82, 2.24) is 14.0 Å². The molecule has 0 aliphatic carbocycles. The number of ether oxygens (including phenoxy) is 2. The van der Waals surface area contributed by atoms with Gasteiger partial charge in [0.05, 0.1) is 27.7 Å². The molecule has 8 nitrogen and oxygen atoms in total. The number of para-hydroxylation sites is 1. The average Bonchev–Trinajstić information content (AvgIpc) is 3.70. The fourth-order valence-corrected chi connectivity index (χ4v) is 5.80. The summed E-state index contributed by atoms with van der Waals surface area (Å²) in [7, 11) is 1.87. The Hall–Kier alpha value is -4.15. The number of thiazole rings is 1. The van der Waals surface area contributed by atoms with E-state index >= 15 is 0 Å². The smallest absolute Gasteiger partial charge is 0.297 e. The molecule has 37 heavy (non-hydrogen) atoms. The van der Waals surface area contributed by atoms with E-state index in [0.717, 1.165) is 39.0 Å². The molecule has 0 N–H and O–H groups in total. The normalized spacial score (nSPS) is 13.5. The molecule has 4 heterocycles. The van der Waals surface area contributed by atoms with Crippen LogP contribution in [-0.4, -0.2) is 26.5 Å². The molecule has 186 valence electrons. The van der Waals surface area contributed by atoms with Gasteiger partial charge in [-0.25, -0.2) is 14.4 Å². The van der Waals surface area contributed by atoms with Crippen molar-refractivity contribution in [3.05, 3.63) is 97.8 Å². The van der Waals surface area contributed by atoms with Crippen molar-refractivity contribution in [1.29, 1.82) is 0 Å². The van der Waals surface area contributed by atoms with Crippen molar-refractivity contribution >= 4 is 34.1 Å². The number of fused-ring (bicyclic) bond motifs is 1. The molecule has 0 atom stereocenters. The van der Waals surface area contributed by atoms with Gasteiger partial charge in [-0.3, -0.25) is 9.48 Å². The van der Waals surface area contributed by atoms with Gasteiger partial charge in [-0.1, -0.05) is 24.3 Å². The maximum atomic E-state index is 13.5. The summed E-state index contributed by atoms with van der Waals surface area (Å²) in [4.78, 5) is 20.0. The molecule has 1 aliphatic heterocycles. The summed E-state index contributed by atoms with van der Waals surface area (Å²) < 4.78 is 16.3. The van der Waals surface area contributed by atoms with Crippen LogP contribution in [0.4, 0.5) is 5.69 Å². The molecule has 0 amide bonds. The zero-order chi connectivity index (χ0) is 25.5. The molecule has 0 saturated heterocycles. The molecule has 0 saturated carbocycles. The van der Waals surface area contributed by atoms with Crippen LogP contribution in [0.25, 0.3) is 16.3 Å². The van der Waals surface area contributed by atoms with Gasteiger partial charge in [-0.05, 0) is 55.6 Å². The monoisotopic (exact) mass is 529 g/mol. The summed E-state index contributed by atoms with van der Waals surface area (Å²) in [6.07, 6.45) is 0. The van der Waals surface area contributed by atoms with Crippen LogP contribution >= 0.6 is 22.7 Å². The van der Waals surface area contributed by atoms with E-state index in [-0.39, 0.29) is 12.4 Å². The van der Waals surface area contributed by atoms with E-state index in [9.17, 15) is 4.79 Å². The highest BCUT2D eigenvalue weighted by Crippen LogP contribution is 2.33. The van der Waals surface area contributed by atoms with Gasteiger partial charge in [0.1, 0.15) is 0 Å². The topological polar surface area (TPSA) is 75.0 Å². The van der Waals surface area contributed by atoms with Crippen LogP contribution in [0.15, 0.2) is 86.3 Å². The van der Waals surface area contributed by atoms with Crippen molar-refractivity contribution in [3.8, 4) is 27.8 Å². The van der Waals surface area contributed by atoms with E-state index in [1.807, 2.05) is 95.6 Å². The molecule has 1 aliphatic rings. The average molecular weight is 530 g/mol. The van der Waals surface area contributed by atoms with Crippen LogP contribution in [0.1, 0.15) is 18.2 Å². The highest BCUT2D eigenvalue weighted by molar-refractivity contribution is 7.14. The summed E-state index contributed by atoms with van der Waals surface area (Å²) in [5.41, 5.74) is 4.36. The fourth-order valence-electron chi connectivity index (χ4n) is 4.18. The van der Waals surface area contributed by atoms with E-state index in [1.165, 1.54) is 11.3 Å². The molecule has 5 aromatic rings. The van der Waals surface area contributed by atoms with Crippen molar-refractivity contribution in [2.24, 2.45) is 17.1 Å². The number of aromatic nitrogens is 3. The number of thiophene rings is 1. The molecule has 0 bridgehead atoms. The number of nitrogens with zero attached hydrogens (tertiary/aromatic N) is 5. The third kappa shape index (κ3) is 4.13. The Bertz CT molecular complexity index is 1760. The molecule has 10 heteroatoms. The number of hydrogen-bond donors (Lipinski definition) is 0. The van der Waals surface area contributed by atoms with Crippen molar-refractivity contribution in [2.75, 3.05) is 6.79 Å². The first-order valence-corrected chi connectivity index (χ1v) is 13.4. The van der Waals surface area contributed by atoms with Gasteiger partial charge >= 0.3 is 0 Å². The van der Waals surface area contributed by atoms with Crippen LogP contribution in [0.3, 0.4) is 0 Å². The summed E-state index contributed by atoms with van der Waals surface area (Å²) in [5.74, 6) is 1.43. The van der Waals surface area contributed by atoms with E-state index in [1.54, 1.807) is 16.0 Å². The SMILES string of the molecule is CC(=Nn1c(-c2cccs2)csc1=Nc1c(C)n(C)n(-c2ccccc2)c1=O)c1ccc2c(c1)OCO2. The first-order chi connectivity index (χ1) is 18.0. The van der Waals surface area contributed by atoms with E-state index in [4.69, 9.17) is 19.6 Å². The molecular formula is C27H23N5O3S2. The molecular weight excluding hydrogens is 506 g/mol. The highest BCUT2D eigenvalue weighted by atomic mass is 32.1. The van der Waals surface area contributed by atoms with Crippen LogP contribution in [0, 0.1) is 6.92 Å². The molecule has 2 aromatic carbocycles. The summed E-state index contributed by atoms with van der Waals surface area (Å²) in [6.45, 7) is 4.07. The van der Waals surface area contributed by atoms with Gasteiger partial charge < -0.3 is 9.47 Å². The third-order valence-electron chi connectivity index (χ3n) is 6.23. The molecule has 3 aromatic heterocycles. The molecule has 0 fully saturated rings. The van der Waals surface area contributed by atoms with Crippen molar-refractivity contribution < 1.29 is 9.47 Å². The Balaban J connectivity index is 1.52. The number of rotatable bonds is 5. The molecule has 0 radical (unpaired) electrons. The standard InChI is InChI=1S/C27H23N5O3S2/c1-17(19-11-12-22-23(14-19)35-16-34-22)29-31-21(24-10-7-13-36-24)15-37-27(31)28-25-18(2)30(3)32(26(25)33)20-8-5-4-6-9-20/h4-15H,16H2,1-3H3. The Labute approximate surface area is 220 Å². The first-order valence-electron chi connectivity index (χ1n) is 11.6. The Morgan fingerprint density at radius 2 is 1.81 bits per heavy atom. The van der Waals surface area contributed by atoms with Gasteiger partial charge in [-0.2, -0.15) is 5.10 Å². The van der Waals surface area contributed by atoms with E-state index in [2.05, 4.69) is 6.07 Å². The zero-order valence-electron chi connectivity index (χ0n) is 20.4. The lowest BCUT2D eigenvalue weighted by atomic mass is 10.1. The maximum absolute atomic E-state index is 13.5. The minimum absolute atomic E-state index is 0.180. The van der Waals surface area contributed by atoms with Crippen LogP contribution in [0.2, 0.25) is 0 Å². The Morgan fingerprint density at radius 3 is 2.59 bits per heavy atom. The molecule has 0 unspecified atom stereocenters. The predicted octanol–water partition coefficient (Wildman–Crippen LogP) is 5.31. The lowest BCUT2D eigenvalue weighted by Gasteiger charge is -2.07. The summed E-state index contributed by atoms with van der Waals surface area (Å²) in [5, 5.41) is 9.01. The lowest BCUT2D eigenvalue weighted by molar-refractivity contribution is 0.174. The largest absolute Gasteiger partial charge is 0.454 e. The maximum Gasteiger partial charge on any atom is 0.297 e. The van der Waals surface area contributed by atoms with Gasteiger partial charge in [0.25, 0.3) is 5.56 Å². The second-order valence-corrected chi connectivity index (χ2v) is 10.3. The minimum atomic E-state index is -0.180. The lowest BCUT2D eigenvalue weighted by Crippen LogP contribution is -2.20.